The van der Waals surface area contributed by atoms with Crippen LogP contribution in [-0.2, 0) is 5.41 Å². The molecule has 1 heterocycles. The largest absolute Gasteiger partial charge is 0.473 e. The number of hydrogen-bond donors (Lipinski definition) is 1. The molecule has 4 nitrogen and oxygen atoms in total. The average Bonchev–Trinajstić information content (AvgIpc) is 2.43. The summed E-state index contributed by atoms with van der Waals surface area (Å²) in [6.07, 6.45) is -4.98. The van der Waals surface area contributed by atoms with Crippen molar-refractivity contribution in [3.05, 3.63) is 11.8 Å². The molecule has 0 aliphatic carbocycles. The average molecular weight is 235 g/mol. The molecule has 1 rings (SSSR count). The van der Waals surface area contributed by atoms with E-state index < -0.39 is 17.5 Å². The normalized spacial score (nSPS) is 12.9. The number of anilines is 1. The van der Waals surface area contributed by atoms with Crippen molar-refractivity contribution in [1.82, 2.24) is 9.78 Å². The number of carbonyl (C=O) groups excluding carboxylic acids is 1. The predicted octanol–water partition coefficient (Wildman–Crippen LogP) is 1.97. The summed E-state index contributed by atoms with van der Waals surface area (Å²) in [6, 6.07) is 1.27. The van der Waals surface area contributed by atoms with Gasteiger partial charge in [-0.3, -0.25) is 4.79 Å². The molecule has 0 aromatic carbocycles. The van der Waals surface area contributed by atoms with E-state index in [9.17, 15) is 18.0 Å². The van der Waals surface area contributed by atoms with Gasteiger partial charge in [0.1, 0.15) is 5.82 Å². The van der Waals surface area contributed by atoms with Crippen LogP contribution in [0.1, 0.15) is 31.3 Å². The van der Waals surface area contributed by atoms with Gasteiger partial charge in [0.25, 0.3) is 0 Å². The number of alkyl halides is 3. The standard InChI is InChI=1S/C9H12F3N3O/c1-8(2,3)5-4-6(13)15(14-5)7(16)9(10,11)12/h4H,13H2,1-3H3. The summed E-state index contributed by atoms with van der Waals surface area (Å²) in [4.78, 5) is 10.9. The summed E-state index contributed by atoms with van der Waals surface area (Å²) in [5, 5.41) is 3.57. The summed E-state index contributed by atoms with van der Waals surface area (Å²) in [6.45, 7) is 5.28. The number of nitrogen functional groups attached to an aromatic ring is 1. The monoisotopic (exact) mass is 235 g/mol. The molecule has 0 saturated heterocycles. The minimum Gasteiger partial charge on any atom is -0.383 e. The molecule has 0 amide bonds. The molecule has 0 atom stereocenters. The Kier molecular flexibility index (Phi) is 2.74. The molecule has 7 heteroatoms. The lowest BCUT2D eigenvalue weighted by atomic mass is 9.92. The van der Waals surface area contributed by atoms with Crippen molar-refractivity contribution in [3.8, 4) is 0 Å². The van der Waals surface area contributed by atoms with E-state index in [-0.39, 0.29) is 10.5 Å². The Hall–Kier alpha value is -1.53. The number of hydrogen-bond acceptors (Lipinski definition) is 3. The van der Waals surface area contributed by atoms with Gasteiger partial charge in [0.15, 0.2) is 0 Å². The Morgan fingerprint density at radius 1 is 1.38 bits per heavy atom. The molecule has 0 saturated carbocycles. The summed E-state index contributed by atoms with van der Waals surface area (Å²) in [7, 11) is 0. The molecular formula is C9H12F3N3O. The highest BCUT2D eigenvalue weighted by Gasteiger charge is 2.42. The molecule has 1 aromatic heterocycles. The molecule has 0 spiro atoms. The first-order valence-electron chi connectivity index (χ1n) is 4.51. The Labute approximate surface area is 90.2 Å². The number of aromatic nitrogens is 2. The van der Waals surface area contributed by atoms with Crippen molar-refractivity contribution >= 4 is 11.7 Å². The summed E-state index contributed by atoms with van der Waals surface area (Å²) < 4.78 is 36.6. The molecule has 90 valence electrons. The van der Waals surface area contributed by atoms with Crippen LogP contribution < -0.4 is 5.73 Å². The molecule has 0 fully saturated rings. The van der Waals surface area contributed by atoms with Crippen molar-refractivity contribution in [2.24, 2.45) is 0 Å². The van der Waals surface area contributed by atoms with Gasteiger partial charge in [-0.2, -0.15) is 23.0 Å². The van der Waals surface area contributed by atoms with Gasteiger partial charge in [0.2, 0.25) is 0 Å². The third kappa shape index (κ3) is 2.34. The van der Waals surface area contributed by atoms with Crippen molar-refractivity contribution in [2.75, 3.05) is 5.73 Å². The lowest BCUT2D eigenvalue weighted by Gasteiger charge is -2.14. The van der Waals surface area contributed by atoms with Crippen LogP contribution in [0.4, 0.5) is 19.0 Å². The number of rotatable bonds is 0. The molecule has 0 radical (unpaired) electrons. The highest BCUT2D eigenvalue weighted by Crippen LogP contribution is 2.25. The topological polar surface area (TPSA) is 60.9 Å². The smallest absolute Gasteiger partial charge is 0.383 e. The Balaban J connectivity index is 3.18. The predicted molar refractivity (Wildman–Crippen MR) is 52.0 cm³/mol. The summed E-state index contributed by atoms with van der Waals surface area (Å²) in [5.41, 5.74) is 5.18. The van der Waals surface area contributed by atoms with E-state index in [1.54, 1.807) is 20.8 Å². The second-order valence-corrected chi connectivity index (χ2v) is 4.42. The van der Waals surface area contributed by atoms with Crippen molar-refractivity contribution in [1.29, 1.82) is 0 Å². The first kappa shape index (κ1) is 12.5. The highest BCUT2D eigenvalue weighted by molar-refractivity contribution is 5.86. The minimum absolute atomic E-state index is 0.181. The summed E-state index contributed by atoms with van der Waals surface area (Å²) >= 11 is 0. The molecule has 2 N–H and O–H groups in total. The van der Waals surface area contributed by atoms with E-state index in [0.717, 1.165) is 0 Å². The molecule has 0 aliphatic heterocycles. The lowest BCUT2D eigenvalue weighted by Crippen LogP contribution is -2.31. The van der Waals surface area contributed by atoms with E-state index in [1.807, 2.05) is 0 Å². The zero-order valence-electron chi connectivity index (χ0n) is 9.09. The van der Waals surface area contributed by atoms with Crippen LogP contribution in [0.2, 0.25) is 0 Å². The highest BCUT2D eigenvalue weighted by atomic mass is 19.4. The third-order valence-corrected chi connectivity index (χ3v) is 1.94. The fraction of sp³-hybridized carbons (Fsp3) is 0.556. The zero-order chi connectivity index (χ0) is 12.7. The Bertz CT molecular complexity index is 415. The van der Waals surface area contributed by atoms with Crippen LogP contribution in [-0.4, -0.2) is 21.9 Å². The first-order chi connectivity index (χ1) is 7.03. The maximum atomic E-state index is 12.2. The minimum atomic E-state index is -4.98. The molecule has 0 unspecified atom stereocenters. The molecule has 1 aromatic rings. The number of nitrogens with zero attached hydrogens (tertiary/aromatic N) is 2. The van der Waals surface area contributed by atoms with E-state index >= 15 is 0 Å². The van der Waals surface area contributed by atoms with Gasteiger partial charge in [-0.1, -0.05) is 20.8 Å². The van der Waals surface area contributed by atoms with E-state index in [4.69, 9.17) is 5.73 Å². The molecule has 0 aliphatic rings. The van der Waals surface area contributed by atoms with Gasteiger partial charge < -0.3 is 5.73 Å². The van der Waals surface area contributed by atoms with Gasteiger partial charge >= 0.3 is 12.1 Å². The quantitative estimate of drug-likeness (QED) is 0.747. The molecule has 16 heavy (non-hydrogen) atoms. The molecule has 0 bridgehead atoms. The van der Waals surface area contributed by atoms with Crippen LogP contribution in [0.3, 0.4) is 0 Å². The van der Waals surface area contributed by atoms with Gasteiger partial charge in [-0.15, -0.1) is 0 Å². The third-order valence-electron chi connectivity index (χ3n) is 1.94. The van der Waals surface area contributed by atoms with Crippen LogP contribution in [0.25, 0.3) is 0 Å². The van der Waals surface area contributed by atoms with Crippen molar-refractivity contribution in [3.63, 3.8) is 0 Å². The second-order valence-electron chi connectivity index (χ2n) is 4.42. The number of nitrogens with two attached hydrogens (primary N) is 1. The van der Waals surface area contributed by atoms with Crippen molar-refractivity contribution in [2.45, 2.75) is 32.4 Å². The van der Waals surface area contributed by atoms with Crippen LogP contribution in [0.5, 0.6) is 0 Å². The Morgan fingerprint density at radius 3 is 2.19 bits per heavy atom. The van der Waals surface area contributed by atoms with Gasteiger partial charge in [-0.25, -0.2) is 0 Å². The number of halogens is 3. The van der Waals surface area contributed by atoms with E-state index in [0.29, 0.717) is 5.69 Å². The van der Waals surface area contributed by atoms with Gasteiger partial charge in [-0.05, 0) is 0 Å². The van der Waals surface area contributed by atoms with Crippen molar-refractivity contribution < 1.29 is 18.0 Å². The molecular weight excluding hydrogens is 223 g/mol. The fourth-order valence-electron chi connectivity index (χ4n) is 1.04. The van der Waals surface area contributed by atoms with Gasteiger partial charge in [0, 0.05) is 11.5 Å². The van der Waals surface area contributed by atoms with E-state index in [2.05, 4.69) is 5.10 Å². The van der Waals surface area contributed by atoms with Gasteiger partial charge in [0.05, 0.1) is 5.69 Å². The van der Waals surface area contributed by atoms with Crippen LogP contribution in [0.15, 0.2) is 6.07 Å². The zero-order valence-corrected chi connectivity index (χ0v) is 9.09. The SMILES string of the molecule is CC(C)(C)c1cc(N)n(C(=O)C(F)(F)F)n1. The maximum absolute atomic E-state index is 12.2. The lowest BCUT2D eigenvalue weighted by molar-refractivity contribution is -0.0954. The summed E-state index contributed by atoms with van der Waals surface area (Å²) in [5.74, 6) is -2.40. The fourth-order valence-corrected chi connectivity index (χ4v) is 1.04. The number of carbonyl (C=O) groups is 1. The second kappa shape index (κ2) is 3.50. The first-order valence-corrected chi connectivity index (χ1v) is 4.51. The Morgan fingerprint density at radius 2 is 1.88 bits per heavy atom. The maximum Gasteiger partial charge on any atom is 0.473 e. The van der Waals surface area contributed by atoms with Crippen LogP contribution in [0, 0.1) is 0 Å². The van der Waals surface area contributed by atoms with Crippen LogP contribution >= 0.6 is 0 Å². The van der Waals surface area contributed by atoms with E-state index in [1.165, 1.54) is 6.07 Å².